The van der Waals surface area contributed by atoms with Gasteiger partial charge in [0.25, 0.3) is 0 Å². The fourth-order valence-electron chi connectivity index (χ4n) is 2.72. The third-order valence-corrected chi connectivity index (χ3v) is 4.84. The van der Waals surface area contributed by atoms with Crippen LogP contribution >= 0.6 is 11.8 Å². The SMILES string of the molecule is Cc1cc(C)c(C#N)c(SCC(=O)N2CCCC[C@H]2C)n1. The maximum Gasteiger partial charge on any atom is 0.233 e. The molecular formula is C16H21N3OS. The Morgan fingerprint density at radius 3 is 2.95 bits per heavy atom. The van der Waals surface area contributed by atoms with Crippen molar-refractivity contribution in [2.45, 2.75) is 51.1 Å². The second-order valence-corrected chi connectivity index (χ2v) is 6.56. The van der Waals surface area contributed by atoms with Crippen molar-refractivity contribution >= 4 is 17.7 Å². The minimum atomic E-state index is 0.150. The summed E-state index contributed by atoms with van der Waals surface area (Å²) in [5, 5.41) is 9.92. The first-order valence-corrected chi connectivity index (χ1v) is 8.32. The van der Waals surface area contributed by atoms with Gasteiger partial charge < -0.3 is 4.90 Å². The molecule has 0 aliphatic carbocycles. The molecule has 1 aliphatic rings. The molecule has 0 radical (unpaired) electrons. The van der Waals surface area contributed by atoms with Gasteiger partial charge in [-0.1, -0.05) is 11.8 Å². The van der Waals surface area contributed by atoms with Crippen LogP contribution in [-0.2, 0) is 4.79 Å². The Balaban J connectivity index is 2.06. The van der Waals surface area contributed by atoms with Gasteiger partial charge in [0, 0.05) is 18.3 Å². The maximum absolute atomic E-state index is 12.3. The first-order valence-electron chi connectivity index (χ1n) is 7.33. The lowest BCUT2D eigenvalue weighted by Gasteiger charge is -2.33. The van der Waals surface area contributed by atoms with E-state index in [1.165, 1.54) is 18.2 Å². The molecular weight excluding hydrogens is 282 g/mol. The molecule has 1 saturated heterocycles. The van der Waals surface area contributed by atoms with Crippen molar-refractivity contribution in [3.63, 3.8) is 0 Å². The van der Waals surface area contributed by atoms with E-state index in [0.717, 1.165) is 30.6 Å². The molecule has 4 nitrogen and oxygen atoms in total. The summed E-state index contributed by atoms with van der Waals surface area (Å²) >= 11 is 1.38. The van der Waals surface area contributed by atoms with E-state index < -0.39 is 0 Å². The van der Waals surface area contributed by atoms with Crippen molar-refractivity contribution in [1.29, 1.82) is 5.26 Å². The molecule has 1 atom stereocenters. The van der Waals surface area contributed by atoms with Crippen LogP contribution in [0.5, 0.6) is 0 Å². The van der Waals surface area contributed by atoms with Crippen molar-refractivity contribution in [3.8, 4) is 6.07 Å². The zero-order valence-electron chi connectivity index (χ0n) is 12.8. The van der Waals surface area contributed by atoms with Gasteiger partial charge in [-0.2, -0.15) is 5.26 Å². The van der Waals surface area contributed by atoms with E-state index >= 15 is 0 Å². The summed E-state index contributed by atoms with van der Waals surface area (Å²) in [6, 6.07) is 4.42. The Morgan fingerprint density at radius 2 is 2.29 bits per heavy atom. The lowest BCUT2D eigenvalue weighted by molar-refractivity contribution is -0.131. The molecule has 112 valence electrons. The third kappa shape index (κ3) is 3.76. The molecule has 1 amide bonds. The van der Waals surface area contributed by atoms with Crippen molar-refractivity contribution < 1.29 is 4.79 Å². The lowest BCUT2D eigenvalue weighted by atomic mass is 10.0. The maximum atomic E-state index is 12.3. The zero-order chi connectivity index (χ0) is 15.4. The first kappa shape index (κ1) is 15.8. The van der Waals surface area contributed by atoms with Gasteiger partial charge in [-0.15, -0.1) is 0 Å². The highest BCUT2D eigenvalue weighted by Gasteiger charge is 2.23. The van der Waals surface area contributed by atoms with E-state index in [4.69, 9.17) is 0 Å². The summed E-state index contributed by atoms with van der Waals surface area (Å²) in [4.78, 5) is 18.7. The predicted octanol–water partition coefficient (Wildman–Crippen LogP) is 3.06. The van der Waals surface area contributed by atoms with Crippen LogP contribution in [0.25, 0.3) is 0 Å². The van der Waals surface area contributed by atoms with Crippen molar-refractivity contribution in [3.05, 3.63) is 22.9 Å². The zero-order valence-corrected chi connectivity index (χ0v) is 13.7. The minimum Gasteiger partial charge on any atom is -0.339 e. The number of thioether (sulfide) groups is 1. The van der Waals surface area contributed by atoms with E-state index in [1.54, 1.807) is 0 Å². The molecule has 0 bridgehead atoms. The topological polar surface area (TPSA) is 57.0 Å². The van der Waals surface area contributed by atoms with Crippen LogP contribution in [0.4, 0.5) is 0 Å². The molecule has 1 aromatic rings. The number of aromatic nitrogens is 1. The first-order chi connectivity index (χ1) is 10.0. The summed E-state index contributed by atoms with van der Waals surface area (Å²) in [5.41, 5.74) is 2.39. The van der Waals surface area contributed by atoms with Gasteiger partial charge in [-0.25, -0.2) is 4.98 Å². The fourth-order valence-corrected chi connectivity index (χ4v) is 3.71. The summed E-state index contributed by atoms with van der Waals surface area (Å²) in [5.74, 6) is 0.506. The molecule has 2 rings (SSSR count). The molecule has 0 saturated carbocycles. The van der Waals surface area contributed by atoms with Gasteiger partial charge in [0.2, 0.25) is 5.91 Å². The Kier molecular flexibility index (Phi) is 5.24. The van der Waals surface area contributed by atoms with Crippen LogP contribution in [0.2, 0.25) is 0 Å². The average molecular weight is 303 g/mol. The van der Waals surface area contributed by atoms with Gasteiger partial charge in [-0.3, -0.25) is 4.79 Å². The Morgan fingerprint density at radius 1 is 1.52 bits per heavy atom. The summed E-state index contributed by atoms with van der Waals surface area (Å²) in [6.07, 6.45) is 3.38. The largest absolute Gasteiger partial charge is 0.339 e. The molecule has 0 spiro atoms. The Hall–Kier alpha value is -1.54. The van der Waals surface area contributed by atoms with Gasteiger partial charge in [-0.05, 0) is 51.7 Å². The molecule has 0 aromatic carbocycles. The number of carbonyl (C=O) groups is 1. The van der Waals surface area contributed by atoms with E-state index in [-0.39, 0.29) is 5.91 Å². The van der Waals surface area contributed by atoms with E-state index in [2.05, 4.69) is 18.0 Å². The third-order valence-electron chi connectivity index (χ3n) is 3.88. The molecule has 1 aliphatic heterocycles. The lowest BCUT2D eigenvalue weighted by Crippen LogP contribution is -2.42. The number of carbonyl (C=O) groups excluding carboxylic acids is 1. The van der Waals surface area contributed by atoms with E-state index in [1.807, 2.05) is 24.8 Å². The number of hydrogen-bond donors (Lipinski definition) is 0. The van der Waals surface area contributed by atoms with Crippen LogP contribution in [-0.4, -0.2) is 34.1 Å². The van der Waals surface area contributed by atoms with E-state index in [9.17, 15) is 10.1 Å². The number of likely N-dealkylation sites (tertiary alicyclic amines) is 1. The van der Waals surface area contributed by atoms with Gasteiger partial charge in [0.1, 0.15) is 11.1 Å². The highest BCUT2D eigenvalue weighted by molar-refractivity contribution is 8.00. The molecule has 1 fully saturated rings. The fraction of sp³-hybridized carbons (Fsp3) is 0.562. The standard InChI is InChI=1S/C16H21N3OS/c1-11-8-12(2)18-16(14(11)9-17)21-10-15(20)19-7-5-4-6-13(19)3/h8,13H,4-7,10H2,1-3H3/t13-/m1/s1. The molecule has 0 unspecified atom stereocenters. The van der Waals surface area contributed by atoms with Crippen molar-refractivity contribution in [2.75, 3.05) is 12.3 Å². The van der Waals surface area contributed by atoms with Crippen LogP contribution in [0.15, 0.2) is 11.1 Å². The Bertz CT molecular complexity index is 580. The number of nitrogens with zero attached hydrogens (tertiary/aromatic N) is 3. The second-order valence-electron chi connectivity index (χ2n) is 5.59. The number of hydrogen-bond acceptors (Lipinski definition) is 4. The van der Waals surface area contributed by atoms with Crippen LogP contribution in [0.1, 0.15) is 43.0 Å². The second kappa shape index (κ2) is 6.95. The van der Waals surface area contributed by atoms with Crippen LogP contribution in [0, 0.1) is 25.2 Å². The van der Waals surface area contributed by atoms with Gasteiger partial charge in [0.05, 0.1) is 11.3 Å². The quantitative estimate of drug-likeness (QED) is 0.805. The summed E-state index contributed by atoms with van der Waals surface area (Å²) in [7, 11) is 0. The highest BCUT2D eigenvalue weighted by atomic mass is 32.2. The van der Waals surface area contributed by atoms with Crippen LogP contribution < -0.4 is 0 Å². The number of pyridine rings is 1. The summed E-state index contributed by atoms with van der Waals surface area (Å²) in [6.45, 7) is 6.78. The van der Waals surface area contributed by atoms with Crippen molar-refractivity contribution in [2.24, 2.45) is 0 Å². The number of nitriles is 1. The smallest absolute Gasteiger partial charge is 0.233 e. The Labute approximate surface area is 130 Å². The minimum absolute atomic E-state index is 0.150. The predicted molar refractivity (Wildman–Crippen MR) is 84.2 cm³/mol. The van der Waals surface area contributed by atoms with E-state index in [0.29, 0.717) is 22.4 Å². The number of piperidine rings is 1. The number of rotatable bonds is 3. The molecule has 1 aromatic heterocycles. The normalized spacial score (nSPS) is 18.4. The summed E-state index contributed by atoms with van der Waals surface area (Å²) < 4.78 is 0. The molecule has 2 heterocycles. The highest BCUT2D eigenvalue weighted by Crippen LogP contribution is 2.25. The molecule has 0 N–H and O–H groups in total. The van der Waals surface area contributed by atoms with Crippen LogP contribution in [0.3, 0.4) is 0 Å². The van der Waals surface area contributed by atoms with Crippen molar-refractivity contribution in [1.82, 2.24) is 9.88 Å². The molecule has 21 heavy (non-hydrogen) atoms. The molecule has 5 heteroatoms. The van der Waals surface area contributed by atoms with Gasteiger partial charge >= 0.3 is 0 Å². The monoisotopic (exact) mass is 303 g/mol. The average Bonchev–Trinajstić information content (AvgIpc) is 2.44. The number of amides is 1. The van der Waals surface area contributed by atoms with Gasteiger partial charge in [0.15, 0.2) is 0 Å². The number of aryl methyl sites for hydroxylation is 2.